The van der Waals surface area contributed by atoms with Crippen LogP contribution in [-0.4, -0.2) is 26.2 Å². The Labute approximate surface area is 125 Å². The standard InChI is InChI=1S/C16H23FN2O2/c1-3-21-16(20)12-8-15(13(17)9-14(12)18)19(2)10-11-6-4-5-7-11/h8-9,11H,3-7,10,18H2,1-2H3. The maximum absolute atomic E-state index is 14.1. The quantitative estimate of drug-likeness (QED) is 0.669. The van der Waals surface area contributed by atoms with Crippen LogP contribution in [0.1, 0.15) is 43.0 Å². The van der Waals surface area contributed by atoms with Crippen molar-refractivity contribution in [2.24, 2.45) is 5.92 Å². The number of rotatable bonds is 5. The fourth-order valence-corrected chi connectivity index (χ4v) is 2.93. The summed E-state index contributed by atoms with van der Waals surface area (Å²) in [6.45, 7) is 2.79. The summed E-state index contributed by atoms with van der Waals surface area (Å²) in [6, 6.07) is 2.70. The smallest absolute Gasteiger partial charge is 0.340 e. The molecule has 0 heterocycles. The Morgan fingerprint density at radius 2 is 2.10 bits per heavy atom. The highest BCUT2D eigenvalue weighted by molar-refractivity contribution is 5.96. The first-order valence-corrected chi connectivity index (χ1v) is 7.50. The number of halogens is 1. The van der Waals surface area contributed by atoms with Gasteiger partial charge in [-0.3, -0.25) is 0 Å². The van der Waals surface area contributed by atoms with Crippen LogP contribution in [0.25, 0.3) is 0 Å². The van der Waals surface area contributed by atoms with Gasteiger partial charge in [0.25, 0.3) is 0 Å². The summed E-state index contributed by atoms with van der Waals surface area (Å²) in [6.07, 6.45) is 4.87. The van der Waals surface area contributed by atoms with Gasteiger partial charge in [0.15, 0.2) is 0 Å². The molecule has 0 atom stereocenters. The van der Waals surface area contributed by atoms with Crippen LogP contribution in [0.5, 0.6) is 0 Å². The lowest BCUT2D eigenvalue weighted by molar-refractivity contribution is 0.0527. The maximum atomic E-state index is 14.1. The number of carbonyl (C=O) groups excluding carboxylic acids is 1. The van der Waals surface area contributed by atoms with Crippen molar-refractivity contribution in [1.82, 2.24) is 0 Å². The van der Waals surface area contributed by atoms with Crippen molar-refractivity contribution in [2.45, 2.75) is 32.6 Å². The molecule has 0 unspecified atom stereocenters. The van der Waals surface area contributed by atoms with Crippen LogP contribution in [0.3, 0.4) is 0 Å². The first kappa shape index (κ1) is 15.6. The molecule has 0 aliphatic heterocycles. The van der Waals surface area contributed by atoms with Crippen molar-refractivity contribution in [3.05, 3.63) is 23.5 Å². The molecule has 2 rings (SSSR count). The van der Waals surface area contributed by atoms with E-state index in [1.165, 1.54) is 37.8 Å². The number of anilines is 2. The lowest BCUT2D eigenvalue weighted by Gasteiger charge is -2.24. The number of nitrogens with two attached hydrogens (primary N) is 1. The Balaban J connectivity index is 2.21. The summed E-state index contributed by atoms with van der Waals surface area (Å²) in [5.74, 6) is -0.315. The van der Waals surface area contributed by atoms with E-state index in [0.717, 1.165) is 6.54 Å². The molecule has 5 heteroatoms. The van der Waals surface area contributed by atoms with Gasteiger partial charge in [0, 0.05) is 19.3 Å². The van der Waals surface area contributed by atoms with Gasteiger partial charge in [-0.1, -0.05) is 12.8 Å². The van der Waals surface area contributed by atoms with Crippen molar-refractivity contribution >= 4 is 17.3 Å². The average Bonchev–Trinajstić information content (AvgIpc) is 2.91. The van der Waals surface area contributed by atoms with Gasteiger partial charge in [-0.15, -0.1) is 0 Å². The van der Waals surface area contributed by atoms with Crippen molar-refractivity contribution in [2.75, 3.05) is 30.8 Å². The zero-order valence-electron chi connectivity index (χ0n) is 12.7. The zero-order chi connectivity index (χ0) is 15.4. The number of esters is 1. The lowest BCUT2D eigenvalue weighted by atomic mass is 10.1. The Morgan fingerprint density at radius 1 is 1.43 bits per heavy atom. The highest BCUT2D eigenvalue weighted by Crippen LogP contribution is 2.30. The zero-order valence-corrected chi connectivity index (χ0v) is 12.7. The van der Waals surface area contributed by atoms with Crippen LogP contribution in [0.2, 0.25) is 0 Å². The average molecular weight is 294 g/mol. The van der Waals surface area contributed by atoms with E-state index in [1.807, 2.05) is 11.9 Å². The summed E-state index contributed by atoms with van der Waals surface area (Å²) in [7, 11) is 1.85. The molecule has 1 aromatic rings. The molecular formula is C16H23FN2O2. The van der Waals surface area contributed by atoms with E-state index in [1.54, 1.807) is 6.92 Å². The van der Waals surface area contributed by atoms with Gasteiger partial charge in [-0.05, 0) is 37.8 Å². The van der Waals surface area contributed by atoms with E-state index in [4.69, 9.17) is 10.5 Å². The van der Waals surface area contributed by atoms with E-state index >= 15 is 0 Å². The molecule has 0 amide bonds. The molecular weight excluding hydrogens is 271 g/mol. The van der Waals surface area contributed by atoms with Gasteiger partial charge in [-0.25, -0.2) is 9.18 Å². The van der Waals surface area contributed by atoms with Crippen molar-refractivity contribution in [3.63, 3.8) is 0 Å². The number of nitrogens with zero attached hydrogens (tertiary/aromatic N) is 1. The summed E-state index contributed by atoms with van der Waals surface area (Å²) in [4.78, 5) is 13.7. The normalized spacial score (nSPS) is 15.2. The van der Waals surface area contributed by atoms with Crippen LogP contribution in [-0.2, 0) is 4.74 Å². The van der Waals surface area contributed by atoms with Gasteiger partial charge in [0.05, 0.1) is 17.9 Å². The second-order valence-electron chi connectivity index (χ2n) is 5.64. The van der Waals surface area contributed by atoms with Crippen molar-refractivity contribution in [1.29, 1.82) is 0 Å². The van der Waals surface area contributed by atoms with Crippen molar-refractivity contribution in [3.8, 4) is 0 Å². The Hall–Kier alpha value is -1.78. The van der Waals surface area contributed by atoms with Gasteiger partial charge >= 0.3 is 5.97 Å². The predicted octanol–water partition coefficient (Wildman–Crippen LogP) is 3.21. The SMILES string of the molecule is CCOC(=O)c1cc(N(C)CC2CCCC2)c(F)cc1N. The summed E-state index contributed by atoms with van der Waals surface area (Å²) < 4.78 is 19.1. The third kappa shape index (κ3) is 3.65. The van der Waals surface area contributed by atoms with Crippen LogP contribution in [0.15, 0.2) is 12.1 Å². The van der Waals surface area contributed by atoms with Crippen LogP contribution < -0.4 is 10.6 Å². The molecule has 1 aromatic carbocycles. The fourth-order valence-electron chi connectivity index (χ4n) is 2.93. The Kier molecular flexibility index (Phi) is 5.04. The number of hydrogen-bond donors (Lipinski definition) is 1. The van der Waals surface area contributed by atoms with Crippen LogP contribution >= 0.6 is 0 Å². The number of ether oxygens (including phenoxy) is 1. The third-order valence-corrected chi connectivity index (χ3v) is 4.03. The molecule has 0 spiro atoms. The number of benzene rings is 1. The lowest BCUT2D eigenvalue weighted by Crippen LogP contribution is -2.25. The maximum Gasteiger partial charge on any atom is 0.340 e. The van der Waals surface area contributed by atoms with Gasteiger partial charge < -0.3 is 15.4 Å². The Bertz CT molecular complexity index is 513. The Morgan fingerprint density at radius 3 is 2.71 bits per heavy atom. The fraction of sp³-hybridized carbons (Fsp3) is 0.562. The molecule has 4 nitrogen and oxygen atoms in total. The van der Waals surface area contributed by atoms with Crippen LogP contribution in [0.4, 0.5) is 15.8 Å². The van der Waals surface area contributed by atoms with E-state index < -0.39 is 11.8 Å². The first-order chi connectivity index (χ1) is 10.0. The molecule has 0 aromatic heterocycles. The van der Waals surface area contributed by atoms with Gasteiger partial charge in [-0.2, -0.15) is 0 Å². The largest absolute Gasteiger partial charge is 0.462 e. The highest BCUT2D eigenvalue weighted by atomic mass is 19.1. The molecule has 0 bridgehead atoms. The molecule has 1 saturated carbocycles. The van der Waals surface area contributed by atoms with Crippen LogP contribution in [0, 0.1) is 11.7 Å². The number of hydrogen-bond acceptors (Lipinski definition) is 4. The third-order valence-electron chi connectivity index (χ3n) is 4.03. The molecule has 1 aliphatic carbocycles. The monoisotopic (exact) mass is 294 g/mol. The molecule has 1 aliphatic rings. The molecule has 116 valence electrons. The molecule has 1 fully saturated rings. The van der Waals surface area contributed by atoms with Gasteiger partial charge in [0.2, 0.25) is 0 Å². The predicted molar refractivity (Wildman–Crippen MR) is 82.0 cm³/mol. The van der Waals surface area contributed by atoms with E-state index in [-0.39, 0.29) is 17.9 Å². The minimum atomic E-state index is -0.509. The van der Waals surface area contributed by atoms with Gasteiger partial charge in [0.1, 0.15) is 5.82 Å². The minimum Gasteiger partial charge on any atom is -0.462 e. The summed E-state index contributed by atoms with van der Waals surface area (Å²) in [5, 5.41) is 0. The summed E-state index contributed by atoms with van der Waals surface area (Å²) >= 11 is 0. The molecule has 0 saturated heterocycles. The van der Waals surface area contributed by atoms with E-state index in [2.05, 4.69) is 0 Å². The summed E-state index contributed by atoms with van der Waals surface area (Å²) in [5.41, 5.74) is 6.47. The molecule has 0 radical (unpaired) electrons. The number of nitrogen functional groups attached to an aromatic ring is 1. The second kappa shape index (κ2) is 6.78. The first-order valence-electron chi connectivity index (χ1n) is 7.50. The number of carbonyl (C=O) groups is 1. The van der Waals surface area contributed by atoms with E-state index in [9.17, 15) is 9.18 Å². The second-order valence-corrected chi connectivity index (χ2v) is 5.64. The minimum absolute atomic E-state index is 0.115. The van der Waals surface area contributed by atoms with E-state index in [0.29, 0.717) is 11.6 Å². The van der Waals surface area contributed by atoms with Crippen molar-refractivity contribution < 1.29 is 13.9 Å². The molecule has 2 N–H and O–H groups in total. The topological polar surface area (TPSA) is 55.6 Å². The highest BCUT2D eigenvalue weighted by Gasteiger charge is 2.21. The molecule has 21 heavy (non-hydrogen) atoms.